The first kappa shape index (κ1) is 9.73. The van der Waals surface area contributed by atoms with Gasteiger partial charge in [-0.25, -0.2) is 4.42 Å². The van der Waals surface area contributed by atoms with E-state index >= 15 is 0 Å². The normalized spacial score (nSPS) is 13.1. The molecule has 4 nitrogen and oxygen atoms in total. The minimum Gasteiger partial charge on any atom is -0.507 e. The molecule has 0 saturated carbocycles. The summed E-state index contributed by atoms with van der Waals surface area (Å²) >= 11 is 0. The van der Waals surface area contributed by atoms with Crippen molar-refractivity contribution in [2.24, 2.45) is 0 Å². The van der Waals surface area contributed by atoms with Crippen LogP contribution in [-0.4, -0.2) is 17.3 Å². The zero-order valence-corrected chi connectivity index (χ0v) is 8.28. The van der Waals surface area contributed by atoms with Crippen molar-refractivity contribution >= 4 is 6.08 Å². The van der Waals surface area contributed by atoms with Gasteiger partial charge in [0, 0.05) is 12.1 Å². The van der Waals surface area contributed by atoms with E-state index in [1.54, 1.807) is 12.1 Å². The van der Waals surface area contributed by atoms with Gasteiger partial charge >= 0.3 is 11.2 Å². The van der Waals surface area contributed by atoms with Crippen LogP contribution in [-0.2, 0) is 6.61 Å². The van der Waals surface area contributed by atoms with Crippen LogP contribution in [0.4, 0.5) is 0 Å². The molecule has 0 atom stereocenters. The van der Waals surface area contributed by atoms with Crippen molar-refractivity contribution in [3.8, 4) is 11.5 Å². The van der Waals surface area contributed by atoms with Gasteiger partial charge in [-0.05, 0) is 6.07 Å². The molecule has 2 N–H and O–H groups in total. The van der Waals surface area contributed by atoms with Gasteiger partial charge in [0.25, 0.3) is 0 Å². The second kappa shape index (κ2) is 3.40. The van der Waals surface area contributed by atoms with Gasteiger partial charge in [0.05, 0.1) is 19.8 Å². The predicted molar refractivity (Wildman–Crippen MR) is 55.7 cm³/mol. The number of allylic oxidation sites excluding steroid dienone is 1. The van der Waals surface area contributed by atoms with Gasteiger partial charge in [0.15, 0.2) is 0 Å². The zero-order valence-electron chi connectivity index (χ0n) is 8.28. The smallest absolute Gasteiger partial charge is 0.406 e. The summed E-state index contributed by atoms with van der Waals surface area (Å²) in [6.07, 6.45) is 1.60. The van der Waals surface area contributed by atoms with E-state index in [1.165, 1.54) is 7.11 Å². The summed E-state index contributed by atoms with van der Waals surface area (Å²) in [6.45, 7) is 3.38. The third kappa shape index (κ3) is 1.39. The molecular formula is C11H11O4+. The lowest BCUT2D eigenvalue weighted by Crippen LogP contribution is -2.25. The lowest BCUT2D eigenvalue weighted by Gasteiger charge is -2.01. The Balaban J connectivity index is 2.87. The van der Waals surface area contributed by atoms with Gasteiger partial charge in [-0.3, -0.25) is 0 Å². The fourth-order valence-electron chi connectivity index (χ4n) is 1.54. The van der Waals surface area contributed by atoms with Crippen molar-refractivity contribution in [3.05, 3.63) is 39.0 Å². The third-order valence-corrected chi connectivity index (χ3v) is 2.26. The number of hydrogen-bond donors (Lipinski definition) is 2. The van der Waals surface area contributed by atoms with E-state index in [4.69, 9.17) is 14.3 Å². The van der Waals surface area contributed by atoms with E-state index in [0.717, 1.165) is 0 Å². The van der Waals surface area contributed by atoms with E-state index in [1.807, 2.05) is 0 Å². The number of ether oxygens (including phenoxy) is 1. The van der Waals surface area contributed by atoms with Crippen LogP contribution in [0.5, 0.6) is 11.5 Å². The highest BCUT2D eigenvalue weighted by molar-refractivity contribution is 5.59. The summed E-state index contributed by atoms with van der Waals surface area (Å²) in [4.78, 5) is 0. The molecule has 0 amide bonds. The molecule has 0 spiro atoms. The fourth-order valence-corrected chi connectivity index (χ4v) is 1.54. The topological polar surface area (TPSA) is 61.0 Å². The molecular weight excluding hydrogens is 196 g/mol. The molecule has 0 aromatic heterocycles. The number of aliphatic hydroxyl groups excluding tert-OH is 1. The molecule has 2 rings (SSSR count). The maximum absolute atomic E-state index is 9.78. The highest BCUT2D eigenvalue weighted by Gasteiger charge is 2.23. The number of methoxy groups -OCH3 is 1. The summed E-state index contributed by atoms with van der Waals surface area (Å²) in [5, 5.41) is 19.3. The number of phenols is 1. The second-order valence-electron chi connectivity index (χ2n) is 3.20. The Morgan fingerprint density at radius 2 is 2.27 bits per heavy atom. The summed E-state index contributed by atoms with van der Waals surface area (Å²) in [7, 11) is 1.50. The largest absolute Gasteiger partial charge is 0.507 e. The number of aliphatic hydroxyl groups is 1. The van der Waals surface area contributed by atoms with Crippen LogP contribution < -0.4 is 15.4 Å². The average Bonchev–Trinajstić information content (AvgIpc) is 2.61. The van der Waals surface area contributed by atoms with E-state index in [-0.39, 0.29) is 12.4 Å². The van der Waals surface area contributed by atoms with Gasteiger partial charge < -0.3 is 14.9 Å². The van der Waals surface area contributed by atoms with Crippen LogP contribution >= 0.6 is 0 Å². The van der Waals surface area contributed by atoms with E-state index in [0.29, 0.717) is 27.7 Å². The number of benzene rings is 1. The van der Waals surface area contributed by atoms with Crippen molar-refractivity contribution in [2.75, 3.05) is 7.11 Å². The number of fused-ring (bicyclic) bond motifs is 1. The van der Waals surface area contributed by atoms with Gasteiger partial charge in [-0.2, -0.15) is 0 Å². The Hall–Kier alpha value is -1.81. The molecule has 0 unspecified atom stereocenters. The molecule has 1 aliphatic heterocycles. The second-order valence-corrected chi connectivity index (χ2v) is 3.20. The maximum atomic E-state index is 9.78. The van der Waals surface area contributed by atoms with E-state index in [9.17, 15) is 5.11 Å². The van der Waals surface area contributed by atoms with E-state index < -0.39 is 0 Å². The Kier molecular flexibility index (Phi) is 2.21. The molecule has 15 heavy (non-hydrogen) atoms. The molecule has 1 aliphatic rings. The minimum atomic E-state index is -0.254. The van der Waals surface area contributed by atoms with E-state index in [2.05, 4.69) is 6.58 Å². The zero-order chi connectivity index (χ0) is 11.0. The molecule has 0 aliphatic carbocycles. The van der Waals surface area contributed by atoms with Gasteiger partial charge in [0.1, 0.15) is 11.0 Å². The Labute approximate surface area is 86.1 Å². The number of rotatable bonds is 2. The summed E-state index contributed by atoms with van der Waals surface area (Å²) in [6, 6.07) is 1.54. The SMILES string of the molecule is C=C1C=c2c(O)c(CO)cc(OC)c2=[O+]1. The van der Waals surface area contributed by atoms with Crippen LogP contribution in [0.25, 0.3) is 6.08 Å². The predicted octanol–water partition coefficient (Wildman–Crippen LogP) is -0.184. The molecule has 78 valence electrons. The standard InChI is InChI=1S/C11H10O4/c1-6-3-8-10(13)7(5-12)4-9(14-2)11(8)15-6/h3-4,12H,1,5H2,2H3/p+1. The molecule has 0 fully saturated rings. The number of hydrogen-bond acceptors (Lipinski definition) is 3. The van der Waals surface area contributed by atoms with Crippen molar-refractivity contribution in [3.63, 3.8) is 0 Å². The van der Waals surface area contributed by atoms with Crippen LogP contribution in [0, 0.1) is 0 Å². The number of aromatic hydroxyl groups is 1. The Morgan fingerprint density at radius 1 is 1.53 bits per heavy atom. The van der Waals surface area contributed by atoms with Gasteiger partial charge in [-0.15, -0.1) is 0 Å². The first-order chi connectivity index (χ1) is 7.17. The molecule has 1 aromatic carbocycles. The molecule has 4 heteroatoms. The molecule has 0 saturated heterocycles. The Morgan fingerprint density at radius 3 is 2.87 bits per heavy atom. The molecule has 0 bridgehead atoms. The molecule has 1 heterocycles. The summed E-state index contributed by atoms with van der Waals surface area (Å²) in [5.41, 5.74) is 0.845. The van der Waals surface area contributed by atoms with Crippen LogP contribution in [0.1, 0.15) is 5.56 Å². The lowest BCUT2D eigenvalue weighted by molar-refractivity contribution is 0.274. The third-order valence-electron chi connectivity index (χ3n) is 2.26. The van der Waals surface area contributed by atoms with Crippen LogP contribution in [0.3, 0.4) is 0 Å². The van der Waals surface area contributed by atoms with Crippen molar-refractivity contribution < 1.29 is 14.9 Å². The molecule has 1 aromatic rings. The first-order valence-corrected chi connectivity index (χ1v) is 4.42. The van der Waals surface area contributed by atoms with Crippen molar-refractivity contribution in [2.45, 2.75) is 6.61 Å². The van der Waals surface area contributed by atoms with Crippen LogP contribution in [0.2, 0.25) is 0 Å². The Bertz CT molecular complexity index is 543. The fraction of sp³-hybridized carbons (Fsp3) is 0.182. The van der Waals surface area contributed by atoms with Crippen molar-refractivity contribution in [1.82, 2.24) is 0 Å². The van der Waals surface area contributed by atoms with Gasteiger partial charge in [0.2, 0.25) is 5.75 Å². The maximum Gasteiger partial charge on any atom is 0.406 e. The highest BCUT2D eigenvalue weighted by atomic mass is 16.5. The monoisotopic (exact) mass is 207 g/mol. The van der Waals surface area contributed by atoms with Crippen molar-refractivity contribution in [1.29, 1.82) is 0 Å². The lowest BCUT2D eigenvalue weighted by atomic mass is 10.1. The quantitative estimate of drug-likeness (QED) is 0.661. The van der Waals surface area contributed by atoms with Gasteiger partial charge in [-0.1, -0.05) is 0 Å². The highest BCUT2D eigenvalue weighted by Crippen LogP contribution is 2.17. The first-order valence-electron chi connectivity index (χ1n) is 4.42. The average molecular weight is 207 g/mol. The minimum absolute atomic E-state index is 0.00644. The summed E-state index contributed by atoms with van der Waals surface area (Å²) in [5.74, 6) is 0.919. The molecule has 0 radical (unpaired) electrons. The van der Waals surface area contributed by atoms with Crippen LogP contribution in [0.15, 0.2) is 22.8 Å². The summed E-state index contributed by atoms with van der Waals surface area (Å²) < 4.78 is 10.4.